The first kappa shape index (κ1) is 14.3. The van der Waals surface area contributed by atoms with Crippen LogP contribution < -0.4 is 5.73 Å². The molecule has 0 amide bonds. The number of piperidine rings is 2. The van der Waals surface area contributed by atoms with E-state index in [1.807, 2.05) is 0 Å². The lowest BCUT2D eigenvalue weighted by Crippen LogP contribution is -2.61. The second-order valence-electron chi connectivity index (χ2n) is 6.75. The standard InChI is InChI=1S/C15H31N3/c1-13(2)17-9-6-15(12-16,7-10-17)18-8-4-5-14(3)11-18/h13-14H,4-12,16H2,1-3H3. The van der Waals surface area contributed by atoms with Crippen LogP contribution in [0.3, 0.4) is 0 Å². The molecular formula is C15H31N3. The lowest BCUT2D eigenvalue weighted by Gasteiger charge is -2.51. The van der Waals surface area contributed by atoms with Crippen molar-refractivity contribution >= 4 is 0 Å². The third-order valence-electron chi connectivity index (χ3n) is 5.17. The van der Waals surface area contributed by atoms with Gasteiger partial charge in [0.25, 0.3) is 0 Å². The molecule has 0 bridgehead atoms. The van der Waals surface area contributed by atoms with Gasteiger partial charge in [0.05, 0.1) is 0 Å². The Balaban J connectivity index is 1.99. The van der Waals surface area contributed by atoms with Crippen LogP contribution in [0.15, 0.2) is 0 Å². The van der Waals surface area contributed by atoms with Gasteiger partial charge in [-0.25, -0.2) is 0 Å². The highest BCUT2D eigenvalue weighted by molar-refractivity contribution is 4.98. The van der Waals surface area contributed by atoms with Gasteiger partial charge in [0, 0.05) is 37.8 Å². The first-order valence-electron chi connectivity index (χ1n) is 7.76. The maximum absolute atomic E-state index is 6.18. The maximum atomic E-state index is 6.18. The van der Waals surface area contributed by atoms with Crippen molar-refractivity contribution in [1.29, 1.82) is 0 Å². The Morgan fingerprint density at radius 3 is 2.39 bits per heavy atom. The van der Waals surface area contributed by atoms with Crippen LogP contribution in [0.2, 0.25) is 0 Å². The van der Waals surface area contributed by atoms with Gasteiger partial charge in [-0.3, -0.25) is 4.90 Å². The van der Waals surface area contributed by atoms with Gasteiger partial charge >= 0.3 is 0 Å². The quantitative estimate of drug-likeness (QED) is 0.834. The molecule has 0 aromatic carbocycles. The van der Waals surface area contributed by atoms with E-state index in [1.54, 1.807) is 0 Å². The summed E-state index contributed by atoms with van der Waals surface area (Å²) in [4.78, 5) is 5.32. The molecule has 2 heterocycles. The van der Waals surface area contributed by atoms with Gasteiger partial charge in [-0.05, 0) is 52.0 Å². The number of hydrogen-bond acceptors (Lipinski definition) is 3. The number of nitrogens with zero attached hydrogens (tertiary/aromatic N) is 2. The summed E-state index contributed by atoms with van der Waals surface area (Å²) in [7, 11) is 0. The lowest BCUT2D eigenvalue weighted by atomic mass is 9.82. The zero-order valence-corrected chi connectivity index (χ0v) is 12.5. The van der Waals surface area contributed by atoms with Gasteiger partial charge in [-0.1, -0.05) is 6.92 Å². The van der Waals surface area contributed by atoms with Crippen molar-refractivity contribution < 1.29 is 0 Å². The molecule has 2 aliphatic rings. The first-order valence-corrected chi connectivity index (χ1v) is 7.76. The third-order valence-corrected chi connectivity index (χ3v) is 5.17. The normalized spacial score (nSPS) is 30.8. The summed E-state index contributed by atoms with van der Waals surface area (Å²) in [6.45, 7) is 12.8. The highest BCUT2D eigenvalue weighted by Crippen LogP contribution is 2.32. The zero-order chi connectivity index (χ0) is 13.2. The van der Waals surface area contributed by atoms with Crippen LogP contribution in [-0.4, -0.2) is 54.1 Å². The molecule has 0 aromatic heterocycles. The van der Waals surface area contributed by atoms with E-state index >= 15 is 0 Å². The fraction of sp³-hybridized carbons (Fsp3) is 1.00. The Morgan fingerprint density at radius 2 is 1.89 bits per heavy atom. The molecule has 2 aliphatic heterocycles. The molecule has 0 radical (unpaired) electrons. The number of likely N-dealkylation sites (tertiary alicyclic amines) is 2. The Labute approximate surface area is 113 Å². The molecule has 3 heteroatoms. The van der Waals surface area contributed by atoms with Crippen LogP contribution in [-0.2, 0) is 0 Å². The molecule has 106 valence electrons. The minimum absolute atomic E-state index is 0.306. The van der Waals surface area contributed by atoms with Gasteiger partial charge in [0.2, 0.25) is 0 Å². The van der Waals surface area contributed by atoms with E-state index < -0.39 is 0 Å². The smallest absolute Gasteiger partial charge is 0.0356 e. The Morgan fingerprint density at radius 1 is 1.22 bits per heavy atom. The molecule has 18 heavy (non-hydrogen) atoms. The van der Waals surface area contributed by atoms with Crippen LogP contribution in [0, 0.1) is 5.92 Å². The van der Waals surface area contributed by atoms with E-state index in [2.05, 4.69) is 30.6 Å². The molecule has 2 rings (SSSR count). The summed E-state index contributed by atoms with van der Waals surface area (Å²) >= 11 is 0. The number of rotatable bonds is 3. The van der Waals surface area contributed by atoms with Crippen molar-refractivity contribution in [3.05, 3.63) is 0 Å². The van der Waals surface area contributed by atoms with E-state index in [9.17, 15) is 0 Å². The average molecular weight is 253 g/mol. The maximum Gasteiger partial charge on any atom is 0.0356 e. The Kier molecular flexibility index (Phi) is 4.68. The summed E-state index contributed by atoms with van der Waals surface area (Å²) in [5.41, 5.74) is 6.48. The van der Waals surface area contributed by atoms with Gasteiger partial charge in [-0.2, -0.15) is 0 Å². The minimum atomic E-state index is 0.306. The topological polar surface area (TPSA) is 32.5 Å². The summed E-state index contributed by atoms with van der Waals surface area (Å²) in [5.74, 6) is 0.852. The zero-order valence-electron chi connectivity index (χ0n) is 12.5. The molecule has 0 spiro atoms. The molecule has 0 aliphatic carbocycles. The van der Waals surface area contributed by atoms with Crippen molar-refractivity contribution in [2.75, 3.05) is 32.7 Å². The highest BCUT2D eigenvalue weighted by Gasteiger charge is 2.40. The SMILES string of the molecule is CC1CCCN(C2(CN)CCN(C(C)C)CC2)C1. The van der Waals surface area contributed by atoms with E-state index in [0.717, 1.165) is 12.5 Å². The van der Waals surface area contributed by atoms with E-state index in [-0.39, 0.29) is 0 Å². The van der Waals surface area contributed by atoms with Gasteiger partial charge in [-0.15, -0.1) is 0 Å². The number of nitrogens with two attached hydrogens (primary N) is 1. The number of hydrogen-bond donors (Lipinski definition) is 1. The van der Waals surface area contributed by atoms with Crippen LogP contribution in [0.4, 0.5) is 0 Å². The van der Waals surface area contributed by atoms with E-state index in [4.69, 9.17) is 5.73 Å². The monoisotopic (exact) mass is 253 g/mol. The molecule has 2 saturated heterocycles. The van der Waals surface area contributed by atoms with Crippen molar-refractivity contribution in [1.82, 2.24) is 9.80 Å². The average Bonchev–Trinajstić information content (AvgIpc) is 2.38. The van der Waals surface area contributed by atoms with Crippen molar-refractivity contribution in [3.8, 4) is 0 Å². The van der Waals surface area contributed by atoms with Gasteiger partial charge in [0.1, 0.15) is 0 Å². The molecule has 2 fully saturated rings. The molecular weight excluding hydrogens is 222 g/mol. The predicted molar refractivity (Wildman–Crippen MR) is 77.7 cm³/mol. The summed E-state index contributed by atoms with van der Waals surface area (Å²) in [5, 5.41) is 0. The highest BCUT2D eigenvalue weighted by atomic mass is 15.3. The van der Waals surface area contributed by atoms with Gasteiger partial charge < -0.3 is 10.6 Å². The second-order valence-corrected chi connectivity index (χ2v) is 6.75. The Bertz CT molecular complexity index is 256. The van der Waals surface area contributed by atoms with E-state index in [1.165, 1.54) is 51.9 Å². The van der Waals surface area contributed by atoms with E-state index in [0.29, 0.717) is 11.6 Å². The van der Waals surface area contributed by atoms with Crippen LogP contribution >= 0.6 is 0 Å². The van der Waals surface area contributed by atoms with Crippen LogP contribution in [0.25, 0.3) is 0 Å². The van der Waals surface area contributed by atoms with Crippen molar-refractivity contribution in [2.24, 2.45) is 11.7 Å². The van der Waals surface area contributed by atoms with Crippen molar-refractivity contribution in [3.63, 3.8) is 0 Å². The molecule has 1 atom stereocenters. The second kappa shape index (κ2) is 5.89. The molecule has 0 aromatic rings. The molecule has 2 N–H and O–H groups in total. The van der Waals surface area contributed by atoms with Crippen LogP contribution in [0.1, 0.15) is 46.5 Å². The van der Waals surface area contributed by atoms with Gasteiger partial charge in [0.15, 0.2) is 0 Å². The summed E-state index contributed by atoms with van der Waals surface area (Å²) < 4.78 is 0. The lowest BCUT2D eigenvalue weighted by molar-refractivity contribution is -0.00481. The predicted octanol–water partition coefficient (Wildman–Crippen LogP) is 1.92. The summed E-state index contributed by atoms with van der Waals surface area (Å²) in [6.07, 6.45) is 5.27. The summed E-state index contributed by atoms with van der Waals surface area (Å²) in [6, 6.07) is 0.682. The first-order chi connectivity index (χ1) is 8.57. The third kappa shape index (κ3) is 2.89. The fourth-order valence-electron chi connectivity index (χ4n) is 3.73. The minimum Gasteiger partial charge on any atom is -0.329 e. The fourth-order valence-corrected chi connectivity index (χ4v) is 3.73. The molecule has 3 nitrogen and oxygen atoms in total. The Hall–Kier alpha value is -0.120. The van der Waals surface area contributed by atoms with Crippen molar-refractivity contribution in [2.45, 2.75) is 58.0 Å². The molecule has 1 unspecified atom stereocenters. The van der Waals surface area contributed by atoms with Crippen LogP contribution in [0.5, 0.6) is 0 Å². The largest absolute Gasteiger partial charge is 0.329 e. The molecule has 0 saturated carbocycles.